The average molecular weight is 387 g/mol. The maximum Gasteiger partial charge on any atom is 0.220 e. The molecule has 0 aliphatic rings. The van der Waals surface area contributed by atoms with Gasteiger partial charge in [0.05, 0.1) is 22.4 Å². The monoisotopic (exact) mass is 387 g/mol. The Morgan fingerprint density at radius 2 is 1.86 bits per heavy atom. The molecule has 0 unspecified atom stereocenters. The van der Waals surface area contributed by atoms with Crippen LogP contribution in [0.3, 0.4) is 0 Å². The number of aromatic amines is 1. The minimum Gasteiger partial charge on any atom is -0.356 e. The fraction of sp³-hybridized carbons (Fsp3) is 0.261. The molecule has 6 heteroatoms. The van der Waals surface area contributed by atoms with Gasteiger partial charge >= 0.3 is 0 Å². The molecule has 1 amide bonds. The summed E-state index contributed by atoms with van der Waals surface area (Å²) in [6, 6.07) is 18.3. The lowest BCUT2D eigenvalue weighted by atomic mass is 10.1. The van der Waals surface area contributed by atoms with Gasteiger partial charge < -0.3 is 10.3 Å². The van der Waals surface area contributed by atoms with Gasteiger partial charge in [0.25, 0.3) is 0 Å². The Labute approximate surface area is 170 Å². The van der Waals surface area contributed by atoms with Gasteiger partial charge in [-0.25, -0.2) is 9.67 Å². The van der Waals surface area contributed by atoms with Gasteiger partial charge in [-0.1, -0.05) is 24.3 Å². The summed E-state index contributed by atoms with van der Waals surface area (Å²) in [4.78, 5) is 19.9. The van der Waals surface area contributed by atoms with Gasteiger partial charge in [-0.2, -0.15) is 5.10 Å². The Balaban J connectivity index is 1.24. The minimum atomic E-state index is 0.0460. The molecule has 4 aromatic rings. The van der Waals surface area contributed by atoms with Gasteiger partial charge in [-0.15, -0.1) is 0 Å². The molecule has 0 bridgehead atoms. The molecule has 29 heavy (non-hydrogen) atoms. The van der Waals surface area contributed by atoms with E-state index in [1.165, 1.54) is 5.56 Å². The number of aryl methyl sites for hydroxylation is 3. The second-order valence-corrected chi connectivity index (χ2v) is 7.31. The Hall–Kier alpha value is -3.41. The van der Waals surface area contributed by atoms with Crippen molar-refractivity contribution < 1.29 is 4.79 Å². The first-order chi connectivity index (χ1) is 14.1. The van der Waals surface area contributed by atoms with E-state index in [0.29, 0.717) is 19.4 Å². The second kappa shape index (κ2) is 8.31. The van der Waals surface area contributed by atoms with Crippen molar-refractivity contribution in [2.45, 2.75) is 33.1 Å². The lowest BCUT2D eigenvalue weighted by Crippen LogP contribution is -2.26. The van der Waals surface area contributed by atoms with Crippen molar-refractivity contribution in [2.75, 3.05) is 6.54 Å². The van der Waals surface area contributed by atoms with E-state index in [1.807, 2.05) is 35.9 Å². The third-order valence-electron chi connectivity index (χ3n) is 4.95. The molecule has 0 atom stereocenters. The Bertz CT molecular complexity index is 1090. The third-order valence-corrected chi connectivity index (χ3v) is 4.95. The zero-order chi connectivity index (χ0) is 20.2. The molecule has 0 aliphatic heterocycles. The largest absolute Gasteiger partial charge is 0.356 e. The normalized spacial score (nSPS) is 11.1. The molecule has 0 aliphatic carbocycles. The number of hydrogen-bond acceptors (Lipinski definition) is 3. The molecule has 0 spiro atoms. The molecule has 0 saturated heterocycles. The number of nitrogens with one attached hydrogen (secondary N) is 2. The van der Waals surface area contributed by atoms with Gasteiger partial charge in [-0.05, 0) is 56.2 Å². The van der Waals surface area contributed by atoms with Crippen molar-refractivity contribution in [3.05, 3.63) is 77.4 Å². The molecular formula is C23H25N5O. The third kappa shape index (κ3) is 4.54. The van der Waals surface area contributed by atoms with E-state index < -0.39 is 0 Å². The quantitative estimate of drug-likeness (QED) is 0.508. The number of imidazole rings is 1. The predicted molar refractivity (Wildman–Crippen MR) is 114 cm³/mol. The summed E-state index contributed by atoms with van der Waals surface area (Å²) in [6.07, 6.45) is 1.84. The number of benzene rings is 2. The van der Waals surface area contributed by atoms with Crippen LogP contribution in [0.4, 0.5) is 0 Å². The number of fused-ring (bicyclic) bond motifs is 1. The van der Waals surface area contributed by atoms with Crippen LogP contribution in [-0.2, 0) is 17.6 Å². The summed E-state index contributed by atoms with van der Waals surface area (Å²) < 4.78 is 1.94. The molecular weight excluding hydrogens is 362 g/mol. The van der Waals surface area contributed by atoms with Crippen LogP contribution in [0.2, 0.25) is 0 Å². The number of carbonyl (C=O) groups excluding carboxylic acids is 1. The number of nitrogens with zero attached hydrogens (tertiary/aromatic N) is 3. The van der Waals surface area contributed by atoms with Gasteiger partial charge in [0, 0.05) is 25.1 Å². The van der Waals surface area contributed by atoms with Crippen molar-refractivity contribution in [2.24, 2.45) is 0 Å². The molecule has 2 heterocycles. The highest BCUT2D eigenvalue weighted by atomic mass is 16.1. The Morgan fingerprint density at radius 3 is 2.59 bits per heavy atom. The highest BCUT2D eigenvalue weighted by molar-refractivity contribution is 5.77. The maximum absolute atomic E-state index is 12.1. The summed E-state index contributed by atoms with van der Waals surface area (Å²) in [5.74, 6) is 0.894. The van der Waals surface area contributed by atoms with Crippen LogP contribution in [0.1, 0.15) is 29.2 Å². The van der Waals surface area contributed by atoms with Crippen LogP contribution >= 0.6 is 0 Å². The number of aromatic nitrogens is 4. The van der Waals surface area contributed by atoms with Gasteiger partial charge in [-0.3, -0.25) is 4.79 Å². The van der Waals surface area contributed by atoms with Gasteiger partial charge in [0.1, 0.15) is 5.82 Å². The topological polar surface area (TPSA) is 75.6 Å². The first-order valence-corrected chi connectivity index (χ1v) is 9.91. The van der Waals surface area contributed by atoms with Crippen molar-refractivity contribution in [1.82, 2.24) is 25.1 Å². The summed E-state index contributed by atoms with van der Waals surface area (Å²) in [7, 11) is 0. The number of carbonyl (C=O) groups is 1. The number of hydrogen-bond donors (Lipinski definition) is 2. The second-order valence-electron chi connectivity index (χ2n) is 7.31. The molecule has 148 valence electrons. The number of para-hydroxylation sites is 2. The summed E-state index contributed by atoms with van der Waals surface area (Å²) in [5.41, 5.74) is 6.31. The average Bonchev–Trinajstić information content (AvgIpc) is 3.29. The summed E-state index contributed by atoms with van der Waals surface area (Å²) in [6.45, 7) is 4.67. The number of rotatable bonds is 7. The molecule has 0 radical (unpaired) electrons. The number of amides is 1. The first-order valence-electron chi connectivity index (χ1n) is 9.91. The molecule has 0 fully saturated rings. The van der Waals surface area contributed by atoms with E-state index in [1.54, 1.807) is 0 Å². The summed E-state index contributed by atoms with van der Waals surface area (Å²) in [5, 5.41) is 7.50. The Kier molecular flexibility index (Phi) is 5.42. The fourth-order valence-corrected chi connectivity index (χ4v) is 3.48. The first kappa shape index (κ1) is 18.9. The SMILES string of the molecule is Cc1cc(C)n(-c2ccc(CCNC(=O)CCc3nc4ccccc4[nH]3)cc2)n1. The van der Waals surface area contributed by atoms with E-state index in [-0.39, 0.29) is 5.91 Å². The summed E-state index contributed by atoms with van der Waals surface area (Å²) >= 11 is 0. The van der Waals surface area contributed by atoms with Crippen LogP contribution < -0.4 is 5.32 Å². The van der Waals surface area contributed by atoms with Crippen molar-refractivity contribution >= 4 is 16.9 Å². The van der Waals surface area contributed by atoms with E-state index >= 15 is 0 Å². The van der Waals surface area contributed by atoms with E-state index in [0.717, 1.165) is 40.4 Å². The molecule has 0 saturated carbocycles. The van der Waals surface area contributed by atoms with E-state index in [2.05, 4.69) is 57.6 Å². The molecule has 2 N–H and O–H groups in total. The predicted octanol–water partition coefficient (Wildman–Crippen LogP) is 3.66. The van der Waals surface area contributed by atoms with E-state index in [4.69, 9.17) is 0 Å². The van der Waals surface area contributed by atoms with Gasteiger partial charge in [0.2, 0.25) is 5.91 Å². The maximum atomic E-state index is 12.1. The molecule has 6 nitrogen and oxygen atoms in total. The van der Waals surface area contributed by atoms with Crippen molar-refractivity contribution in [3.8, 4) is 5.69 Å². The smallest absolute Gasteiger partial charge is 0.220 e. The van der Waals surface area contributed by atoms with Gasteiger partial charge in [0.15, 0.2) is 0 Å². The lowest BCUT2D eigenvalue weighted by molar-refractivity contribution is -0.121. The molecule has 4 rings (SSSR count). The van der Waals surface area contributed by atoms with E-state index in [9.17, 15) is 4.79 Å². The van der Waals surface area contributed by atoms with Crippen LogP contribution in [0.15, 0.2) is 54.6 Å². The van der Waals surface area contributed by atoms with Crippen LogP contribution in [0.25, 0.3) is 16.7 Å². The van der Waals surface area contributed by atoms with Crippen LogP contribution in [0, 0.1) is 13.8 Å². The standard InChI is InChI=1S/C23H25N5O/c1-16-15-17(2)28(27-16)19-9-7-18(8-10-19)13-14-24-23(29)12-11-22-25-20-5-3-4-6-21(20)26-22/h3-10,15H,11-14H2,1-2H3,(H,24,29)(H,25,26). The Morgan fingerprint density at radius 1 is 1.07 bits per heavy atom. The van der Waals surface area contributed by atoms with Crippen LogP contribution in [-0.4, -0.2) is 32.2 Å². The molecule has 2 aromatic heterocycles. The van der Waals surface area contributed by atoms with Crippen molar-refractivity contribution in [1.29, 1.82) is 0 Å². The zero-order valence-corrected chi connectivity index (χ0v) is 16.8. The van der Waals surface area contributed by atoms with Crippen LogP contribution in [0.5, 0.6) is 0 Å². The lowest BCUT2D eigenvalue weighted by Gasteiger charge is -2.07. The fourth-order valence-electron chi connectivity index (χ4n) is 3.48. The number of H-pyrrole nitrogens is 1. The molecule has 2 aromatic carbocycles. The highest BCUT2D eigenvalue weighted by Crippen LogP contribution is 2.14. The zero-order valence-electron chi connectivity index (χ0n) is 16.8. The highest BCUT2D eigenvalue weighted by Gasteiger charge is 2.07. The van der Waals surface area contributed by atoms with Crippen molar-refractivity contribution in [3.63, 3.8) is 0 Å². The minimum absolute atomic E-state index is 0.0460.